The number of benzene rings is 1. The number of rotatable bonds is 3. The molecule has 0 N–H and O–H groups in total. The predicted molar refractivity (Wildman–Crippen MR) is 70.0 cm³/mol. The minimum Gasteiger partial charge on any atom is -0.220 e. The topological polar surface area (TPSA) is 30.7 Å². The molecule has 1 unspecified atom stereocenters. The first kappa shape index (κ1) is 12.4. The molecule has 0 aliphatic heterocycles. The number of alkyl halides is 1. The van der Waals surface area contributed by atoms with Gasteiger partial charge in [0.2, 0.25) is 0 Å². The lowest BCUT2D eigenvalue weighted by Crippen LogP contribution is -1.97. The van der Waals surface area contributed by atoms with Gasteiger partial charge in [-0.05, 0) is 37.1 Å². The lowest BCUT2D eigenvalue weighted by molar-refractivity contribution is 0.783. The van der Waals surface area contributed by atoms with Crippen molar-refractivity contribution >= 4 is 23.2 Å². The van der Waals surface area contributed by atoms with Crippen LogP contribution in [-0.4, -0.2) is 15.0 Å². The van der Waals surface area contributed by atoms with Gasteiger partial charge in [0.1, 0.15) is 5.69 Å². The average Bonchev–Trinajstić information content (AvgIpc) is 2.77. The van der Waals surface area contributed by atoms with Crippen LogP contribution < -0.4 is 0 Å². The van der Waals surface area contributed by atoms with Gasteiger partial charge in [0.05, 0.1) is 17.3 Å². The highest BCUT2D eigenvalue weighted by Crippen LogP contribution is 2.23. The summed E-state index contributed by atoms with van der Waals surface area (Å²) in [5, 5.41) is 8.79. The Labute approximate surface area is 110 Å². The zero-order valence-corrected chi connectivity index (χ0v) is 11.2. The number of aromatic nitrogens is 3. The quantitative estimate of drug-likeness (QED) is 0.791. The first-order valence-corrected chi connectivity index (χ1v) is 6.26. The molecule has 0 spiro atoms. The van der Waals surface area contributed by atoms with Crippen LogP contribution in [0.3, 0.4) is 0 Å². The third kappa shape index (κ3) is 2.61. The van der Waals surface area contributed by atoms with E-state index >= 15 is 0 Å². The molecule has 1 heterocycles. The summed E-state index contributed by atoms with van der Waals surface area (Å²) < 4.78 is 1.73. The Morgan fingerprint density at radius 2 is 2.18 bits per heavy atom. The third-order valence-electron chi connectivity index (χ3n) is 2.60. The first-order valence-electron chi connectivity index (χ1n) is 5.44. The maximum atomic E-state index is 6.12. The van der Waals surface area contributed by atoms with Gasteiger partial charge in [-0.1, -0.05) is 23.7 Å². The van der Waals surface area contributed by atoms with E-state index in [2.05, 4.69) is 10.3 Å². The molecule has 0 bridgehead atoms. The second-order valence-electron chi connectivity index (χ2n) is 3.89. The molecule has 0 saturated carbocycles. The number of hydrogen-bond acceptors (Lipinski definition) is 2. The summed E-state index contributed by atoms with van der Waals surface area (Å²) in [7, 11) is 0. The molecule has 5 heteroatoms. The summed E-state index contributed by atoms with van der Waals surface area (Å²) in [5.74, 6) is 0. The van der Waals surface area contributed by atoms with Crippen molar-refractivity contribution in [2.45, 2.75) is 25.6 Å². The van der Waals surface area contributed by atoms with Gasteiger partial charge in [0, 0.05) is 5.02 Å². The third-order valence-corrected chi connectivity index (χ3v) is 3.36. The van der Waals surface area contributed by atoms with E-state index in [0.717, 1.165) is 28.4 Å². The predicted octanol–water partition coefficient (Wildman–Crippen LogP) is 3.92. The Morgan fingerprint density at radius 1 is 1.41 bits per heavy atom. The highest BCUT2D eigenvalue weighted by atomic mass is 35.5. The Morgan fingerprint density at radius 3 is 2.82 bits per heavy atom. The highest BCUT2D eigenvalue weighted by Gasteiger charge is 2.11. The van der Waals surface area contributed by atoms with Gasteiger partial charge in [-0.3, -0.25) is 0 Å². The van der Waals surface area contributed by atoms with Crippen molar-refractivity contribution in [3.63, 3.8) is 0 Å². The molecule has 1 aromatic heterocycles. The van der Waals surface area contributed by atoms with Gasteiger partial charge in [-0.25, -0.2) is 4.68 Å². The molecule has 0 amide bonds. The van der Waals surface area contributed by atoms with E-state index in [1.54, 1.807) is 4.68 Å². The van der Waals surface area contributed by atoms with E-state index in [1.807, 2.05) is 38.2 Å². The molecule has 1 aromatic carbocycles. The first-order chi connectivity index (χ1) is 8.11. The van der Waals surface area contributed by atoms with Gasteiger partial charge in [0.15, 0.2) is 0 Å². The SMILES string of the molecule is CCC(Cl)c1cn(-c2ccc(Cl)cc2C)nn1. The van der Waals surface area contributed by atoms with Crippen molar-refractivity contribution in [3.8, 4) is 5.69 Å². The van der Waals surface area contributed by atoms with E-state index in [9.17, 15) is 0 Å². The summed E-state index contributed by atoms with van der Waals surface area (Å²) >= 11 is 12.0. The summed E-state index contributed by atoms with van der Waals surface area (Å²) in [6.45, 7) is 4.00. The van der Waals surface area contributed by atoms with Gasteiger partial charge < -0.3 is 0 Å². The van der Waals surface area contributed by atoms with Crippen LogP contribution in [0.4, 0.5) is 0 Å². The summed E-state index contributed by atoms with van der Waals surface area (Å²) in [6, 6.07) is 5.66. The van der Waals surface area contributed by atoms with E-state index in [4.69, 9.17) is 23.2 Å². The van der Waals surface area contributed by atoms with Gasteiger partial charge in [-0.2, -0.15) is 0 Å². The van der Waals surface area contributed by atoms with E-state index in [1.165, 1.54) is 0 Å². The van der Waals surface area contributed by atoms with Crippen molar-refractivity contribution in [3.05, 3.63) is 40.7 Å². The molecule has 90 valence electrons. The fraction of sp³-hybridized carbons (Fsp3) is 0.333. The fourth-order valence-corrected chi connectivity index (χ4v) is 1.95. The fourth-order valence-electron chi connectivity index (χ4n) is 1.62. The molecule has 0 radical (unpaired) electrons. The Bertz CT molecular complexity index is 522. The molecule has 0 fully saturated rings. The summed E-state index contributed by atoms with van der Waals surface area (Å²) in [4.78, 5) is 0. The van der Waals surface area contributed by atoms with Gasteiger partial charge in [0.25, 0.3) is 0 Å². The summed E-state index contributed by atoms with van der Waals surface area (Å²) in [6.07, 6.45) is 2.69. The standard InChI is InChI=1S/C12H13Cl2N3/c1-3-10(14)11-7-17(16-15-11)12-5-4-9(13)6-8(12)2/h4-7,10H,3H2,1-2H3. The van der Waals surface area contributed by atoms with Crippen LogP contribution in [0.2, 0.25) is 5.02 Å². The second-order valence-corrected chi connectivity index (χ2v) is 4.86. The smallest absolute Gasteiger partial charge is 0.101 e. The number of halogens is 2. The largest absolute Gasteiger partial charge is 0.220 e. The van der Waals surface area contributed by atoms with Gasteiger partial charge >= 0.3 is 0 Å². The number of nitrogens with zero attached hydrogens (tertiary/aromatic N) is 3. The van der Waals surface area contributed by atoms with Crippen molar-refractivity contribution < 1.29 is 0 Å². The van der Waals surface area contributed by atoms with Crippen LogP contribution >= 0.6 is 23.2 Å². The molecule has 2 rings (SSSR count). The molecule has 17 heavy (non-hydrogen) atoms. The second kappa shape index (κ2) is 5.07. The number of hydrogen-bond donors (Lipinski definition) is 0. The van der Waals surface area contributed by atoms with Crippen LogP contribution in [-0.2, 0) is 0 Å². The minimum absolute atomic E-state index is 0.0867. The Kier molecular flexibility index (Phi) is 3.69. The molecular formula is C12H13Cl2N3. The van der Waals surface area contributed by atoms with Crippen LogP contribution in [0.25, 0.3) is 5.69 Å². The van der Waals surface area contributed by atoms with E-state index < -0.39 is 0 Å². The lowest BCUT2D eigenvalue weighted by atomic mass is 10.2. The zero-order chi connectivity index (χ0) is 12.4. The molecule has 0 aliphatic rings. The maximum Gasteiger partial charge on any atom is 0.101 e. The number of aryl methyl sites for hydroxylation is 1. The maximum absolute atomic E-state index is 6.12. The molecule has 3 nitrogen and oxygen atoms in total. The Balaban J connectivity index is 2.37. The van der Waals surface area contributed by atoms with Crippen molar-refractivity contribution in [1.29, 1.82) is 0 Å². The molecule has 1 atom stereocenters. The molecular weight excluding hydrogens is 257 g/mol. The lowest BCUT2D eigenvalue weighted by Gasteiger charge is -2.04. The average molecular weight is 270 g/mol. The Hall–Kier alpha value is -1.06. The molecule has 0 saturated heterocycles. The van der Waals surface area contributed by atoms with Crippen molar-refractivity contribution in [2.75, 3.05) is 0 Å². The highest BCUT2D eigenvalue weighted by molar-refractivity contribution is 6.30. The van der Waals surface area contributed by atoms with Crippen LogP contribution in [0, 0.1) is 6.92 Å². The van der Waals surface area contributed by atoms with Crippen LogP contribution in [0.15, 0.2) is 24.4 Å². The van der Waals surface area contributed by atoms with E-state index in [-0.39, 0.29) is 5.38 Å². The molecule has 2 aromatic rings. The minimum atomic E-state index is -0.0867. The summed E-state index contributed by atoms with van der Waals surface area (Å²) in [5.41, 5.74) is 2.81. The van der Waals surface area contributed by atoms with Crippen LogP contribution in [0.1, 0.15) is 30.0 Å². The van der Waals surface area contributed by atoms with E-state index in [0.29, 0.717) is 0 Å². The van der Waals surface area contributed by atoms with Crippen molar-refractivity contribution in [2.24, 2.45) is 0 Å². The van der Waals surface area contributed by atoms with Crippen molar-refractivity contribution in [1.82, 2.24) is 15.0 Å². The van der Waals surface area contributed by atoms with Gasteiger partial charge in [-0.15, -0.1) is 16.7 Å². The molecule has 0 aliphatic carbocycles. The normalized spacial score (nSPS) is 12.7. The monoisotopic (exact) mass is 269 g/mol. The zero-order valence-electron chi connectivity index (χ0n) is 9.69. The van der Waals surface area contributed by atoms with Crippen LogP contribution in [0.5, 0.6) is 0 Å².